The van der Waals surface area contributed by atoms with Crippen LogP contribution in [0.3, 0.4) is 0 Å². The molecule has 132 valence electrons. The first-order valence-electron chi connectivity index (χ1n) is 7.85. The van der Waals surface area contributed by atoms with Crippen LogP contribution in [0.5, 0.6) is 0 Å². The number of halogens is 1. The van der Waals surface area contributed by atoms with Gasteiger partial charge in [-0.05, 0) is 36.1 Å². The zero-order valence-electron chi connectivity index (χ0n) is 13.3. The van der Waals surface area contributed by atoms with Gasteiger partial charge in [-0.3, -0.25) is 10.1 Å². The second kappa shape index (κ2) is 6.89. The zero-order chi connectivity index (χ0) is 18.0. The van der Waals surface area contributed by atoms with E-state index in [0.29, 0.717) is 18.5 Å². The minimum absolute atomic E-state index is 0.0773. The third kappa shape index (κ3) is 3.85. The number of nitro groups is 1. The summed E-state index contributed by atoms with van der Waals surface area (Å²) in [4.78, 5) is 10.2. The normalized spacial score (nSPS) is 18.4. The van der Waals surface area contributed by atoms with Crippen molar-refractivity contribution in [2.24, 2.45) is 0 Å². The first-order valence-corrected chi connectivity index (χ1v) is 9.46. The average molecular weight is 364 g/mol. The highest BCUT2D eigenvalue weighted by molar-refractivity contribution is 7.88. The lowest BCUT2D eigenvalue weighted by molar-refractivity contribution is -0.384. The lowest BCUT2D eigenvalue weighted by Gasteiger charge is -2.24. The van der Waals surface area contributed by atoms with E-state index in [9.17, 15) is 22.9 Å². The van der Waals surface area contributed by atoms with Crippen LogP contribution >= 0.6 is 0 Å². The van der Waals surface area contributed by atoms with Gasteiger partial charge in [-0.15, -0.1) is 0 Å². The third-order valence-electron chi connectivity index (χ3n) is 4.31. The van der Waals surface area contributed by atoms with E-state index in [1.165, 1.54) is 40.7 Å². The van der Waals surface area contributed by atoms with Crippen molar-refractivity contribution in [2.75, 3.05) is 6.54 Å². The summed E-state index contributed by atoms with van der Waals surface area (Å²) in [6.45, 7) is 0.414. The fourth-order valence-electron chi connectivity index (χ4n) is 3.10. The number of hydrogen-bond acceptors (Lipinski definition) is 4. The summed E-state index contributed by atoms with van der Waals surface area (Å²) in [7, 11) is -3.58. The Kier molecular flexibility index (Phi) is 4.82. The largest absolute Gasteiger partial charge is 0.269 e. The fourth-order valence-corrected chi connectivity index (χ4v) is 4.90. The molecule has 0 bridgehead atoms. The first kappa shape index (κ1) is 17.5. The Labute approximate surface area is 145 Å². The van der Waals surface area contributed by atoms with Crippen LogP contribution in [0.1, 0.15) is 30.0 Å². The molecule has 6 nitrogen and oxygen atoms in total. The molecule has 0 saturated carbocycles. The highest BCUT2D eigenvalue weighted by atomic mass is 32.2. The minimum atomic E-state index is -3.58. The van der Waals surface area contributed by atoms with Gasteiger partial charge in [0.05, 0.1) is 10.7 Å². The van der Waals surface area contributed by atoms with Crippen molar-refractivity contribution in [3.05, 3.63) is 75.6 Å². The molecule has 0 amide bonds. The van der Waals surface area contributed by atoms with Crippen LogP contribution in [0, 0.1) is 15.9 Å². The van der Waals surface area contributed by atoms with Crippen LogP contribution in [-0.4, -0.2) is 24.2 Å². The molecular formula is C17H17FN2O4S. The van der Waals surface area contributed by atoms with E-state index in [1.807, 2.05) is 0 Å². The van der Waals surface area contributed by atoms with Crippen LogP contribution < -0.4 is 0 Å². The SMILES string of the molecule is O=[N+]([O-])c1ccc(CS(=O)(=O)N2CCCC2c2ccc(F)cc2)cc1. The van der Waals surface area contributed by atoms with E-state index in [1.54, 1.807) is 12.1 Å². The van der Waals surface area contributed by atoms with Gasteiger partial charge < -0.3 is 0 Å². The predicted molar refractivity (Wildman–Crippen MR) is 90.8 cm³/mol. The van der Waals surface area contributed by atoms with E-state index < -0.39 is 14.9 Å². The quantitative estimate of drug-likeness (QED) is 0.601. The smallest absolute Gasteiger partial charge is 0.258 e. The van der Waals surface area contributed by atoms with Crippen molar-refractivity contribution in [1.82, 2.24) is 4.31 Å². The maximum Gasteiger partial charge on any atom is 0.269 e. The van der Waals surface area contributed by atoms with Crippen molar-refractivity contribution in [3.8, 4) is 0 Å². The molecule has 0 radical (unpaired) electrons. The van der Waals surface area contributed by atoms with E-state index in [-0.39, 0.29) is 23.3 Å². The number of sulfonamides is 1. The maximum absolute atomic E-state index is 13.1. The second-order valence-electron chi connectivity index (χ2n) is 6.00. The van der Waals surface area contributed by atoms with Crippen LogP contribution in [0.2, 0.25) is 0 Å². The first-order chi connectivity index (χ1) is 11.9. The minimum Gasteiger partial charge on any atom is -0.258 e. The van der Waals surface area contributed by atoms with Gasteiger partial charge in [0.15, 0.2) is 0 Å². The molecule has 2 aromatic carbocycles. The molecule has 1 saturated heterocycles. The lowest BCUT2D eigenvalue weighted by atomic mass is 10.1. The molecule has 25 heavy (non-hydrogen) atoms. The number of nitro benzene ring substituents is 1. The Bertz CT molecular complexity index is 867. The van der Waals surface area contributed by atoms with E-state index in [4.69, 9.17) is 0 Å². The second-order valence-corrected chi connectivity index (χ2v) is 7.92. The van der Waals surface area contributed by atoms with Crippen LogP contribution in [0.25, 0.3) is 0 Å². The van der Waals surface area contributed by atoms with Crippen molar-refractivity contribution in [1.29, 1.82) is 0 Å². The molecule has 1 aliphatic heterocycles. The van der Waals surface area contributed by atoms with Crippen molar-refractivity contribution in [2.45, 2.75) is 24.6 Å². The Morgan fingerprint density at radius 1 is 1.12 bits per heavy atom. The Morgan fingerprint density at radius 3 is 2.36 bits per heavy atom. The number of non-ortho nitro benzene ring substituents is 1. The van der Waals surface area contributed by atoms with Crippen molar-refractivity contribution < 1.29 is 17.7 Å². The summed E-state index contributed by atoms with van der Waals surface area (Å²) in [6, 6.07) is 11.1. The molecule has 0 aliphatic carbocycles. The summed E-state index contributed by atoms with van der Waals surface area (Å²) in [5, 5.41) is 10.7. The maximum atomic E-state index is 13.1. The van der Waals surface area contributed by atoms with Crippen LogP contribution in [0.15, 0.2) is 48.5 Å². The number of benzene rings is 2. The number of rotatable bonds is 5. The van der Waals surface area contributed by atoms with Gasteiger partial charge >= 0.3 is 0 Å². The van der Waals surface area contributed by atoms with Gasteiger partial charge in [0.25, 0.3) is 5.69 Å². The molecule has 0 aromatic heterocycles. The Morgan fingerprint density at radius 2 is 1.76 bits per heavy atom. The van der Waals surface area contributed by atoms with Crippen LogP contribution in [-0.2, 0) is 15.8 Å². The van der Waals surface area contributed by atoms with Gasteiger partial charge in [-0.2, -0.15) is 4.31 Å². The van der Waals surface area contributed by atoms with E-state index in [0.717, 1.165) is 12.0 Å². The van der Waals surface area contributed by atoms with Gasteiger partial charge in [0, 0.05) is 24.7 Å². The predicted octanol–water partition coefficient (Wildman–Crippen LogP) is 3.40. The summed E-state index contributed by atoms with van der Waals surface area (Å²) >= 11 is 0. The van der Waals surface area contributed by atoms with E-state index >= 15 is 0 Å². The van der Waals surface area contributed by atoms with Crippen LogP contribution in [0.4, 0.5) is 10.1 Å². The fraction of sp³-hybridized carbons (Fsp3) is 0.294. The molecule has 1 heterocycles. The zero-order valence-corrected chi connectivity index (χ0v) is 14.2. The standard InChI is InChI=1S/C17H17FN2O4S/c18-15-7-5-14(6-8-15)17-2-1-11-19(17)25(23,24)12-13-3-9-16(10-4-13)20(21)22/h3-10,17H,1-2,11-12H2. The van der Waals surface area contributed by atoms with Gasteiger partial charge in [0.2, 0.25) is 10.0 Å². The molecule has 8 heteroatoms. The summed E-state index contributed by atoms with van der Waals surface area (Å²) in [6.07, 6.45) is 1.42. The third-order valence-corrected chi connectivity index (χ3v) is 6.16. The highest BCUT2D eigenvalue weighted by Gasteiger charge is 2.35. The van der Waals surface area contributed by atoms with Crippen molar-refractivity contribution >= 4 is 15.7 Å². The molecular weight excluding hydrogens is 347 g/mol. The van der Waals surface area contributed by atoms with Crippen molar-refractivity contribution in [3.63, 3.8) is 0 Å². The molecule has 1 unspecified atom stereocenters. The highest BCUT2D eigenvalue weighted by Crippen LogP contribution is 2.35. The van der Waals surface area contributed by atoms with Gasteiger partial charge in [0.1, 0.15) is 5.82 Å². The average Bonchev–Trinajstić information content (AvgIpc) is 3.06. The Hall–Kier alpha value is -2.32. The molecule has 3 rings (SSSR count). The van der Waals surface area contributed by atoms with Gasteiger partial charge in [-0.25, -0.2) is 12.8 Å². The summed E-state index contributed by atoms with van der Waals surface area (Å²) in [5.41, 5.74) is 1.19. The number of nitrogens with zero attached hydrogens (tertiary/aromatic N) is 2. The topological polar surface area (TPSA) is 80.5 Å². The van der Waals surface area contributed by atoms with E-state index in [2.05, 4.69) is 0 Å². The van der Waals surface area contributed by atoms with Gasteiger partial charge in [-0.1, -0.05) is 24.3 Å². The molecule has 2 aromatic rings. The monoisotopic (exact) mass is 364 g/mol. The molecule has 0 N–H and O–H groups in total. The summed E-state index contributed by atoms with van der Waals surface area (Å²) < 4.78 is 40.1. The summed E-state index contributed by atoms with van der Waals surface area (Å²) in [5.74, 6) is -0.579. The molecule has 1 fully saturated rings. The Balaban J connectivity index is 1.80. The number of hydrogen-bond donors (Lipinski definition) is 0. The lowest BCUT2D eigenvalue weighted by Crippen LogP contribution is -2.31. The molecule has 0 spiro atoms. The molecule has 1 atom stereocenters. The molecule has 1 aliphatic rings.